The molecule has 1 fully saturated rings. The molecule has 1 N–H and O–H groups in total. The van der Waals surface area contributed by atoms with Crippen molar-refractivity contribution < 1.29 is 4.79 Å². The lowest BCUT2D eigenvalue weighted by atomic mass is 10.1. The summed E-state index contributed by atoms with van der Waals surface area (Å²) in [6, 6.07) is 1.74. The molecule has 0 bridgehead atoms. The minimum absolute atomic E-state index is 0.193. The van der Waals surface area contributed by atoms with E-state index in [9.17, 15) is 14.4 Å². The second-order valence-corrected chi connectivity index (χ2v) is 6.05. The summed E-state index contributed by atoms with van der Waals surface area (Å²) in [4.78, 5) is 45.9. The lowest BCUT2D eigenvalue weighted by Crippen LogP contribution is -2.35. The van der Waals surface area contributed by atoms with Crippen LogP contribution in [0.5, 0.6) is 0 Å². The molecule has 1 aliphatic carbocycles. The standard InChI is InChI=1S/C17H22N4O3/c1-4-20(5-2)16(23)11-9-12(10-7-8-10)18-14-13(11)15(22)19-17(24)21(14)6-3/h9-10H,4-8H2,1-3H3,(H,19,22,24). The number of aromatic amines is 1. The Morgan fingerprint density at radius 2 is 1.96 bits per heavy atom. The highest BCUT2D eigenvalue weighted by molar-refractivity contribution is 6.05. The fourth-order valence-corrected chi connectivity index (χ4v) is 3.02. The van der Waals surface area contributed by atoms with Gasteiger partial charge >= 0.3 is 5.69 Å². The number of carbonyl (C=O) groups is 1. The van der Waals surface area contributed by atoms with E-state index in [2.05, 4.69) is 9.97 Å². The Hall–Kier alpha value is -2.44. The van der Waals surface area contributed by atoms with Crippen molar-refractivity contribution in [2.75, 3.05) is 13.1 Å². The lowest BCUT2D eigenvalue weighted by molar-refractivity contribution is 0.0774. The van der Waals surface area contributed by atoms with Gasteiger partial charge in [0, 0.05) is 31.2 Å². The molecule has 128 valence electrons. The fourth-order valence-electron chi connectivity index (χ4n) is 3.02. The molecule has 1 saturated carbocycles. The first-order chi connectivity index (χ1) is 11.5. The Morgan fingerprint density at radius 3 is 2.50 bits per heavy atom. The van der Waals surface area contributed by atoms with Gasteiger partial charge in [0.25, 0.3) is 11.5 Å². The minimum atomic E-state index is -0.551. The number of hydrogen-bond acceptors (Lipinski definition) is 4. The van der Waals surface area contributed by atoms with Gasteiger partial charge in [-0.15, -0.1) is 0 Å². The summed E-state index contributed by atoms with van der Waals surface area (Å²) in [6.45, 7) is 7.12. The highest BCUT2D eigenvalue weighted by Gasteiger charge is 2.29. The van der Waals surface area contributed by atoms with E-state index in [1.807, 2.05) is 20.8 Å². The van der Waals surface area contributed by atoms with E-state index in [-0.39, 0.29) is 11.3 Å². The molecule has 0 saturated heterocycles. The van der Waals surface area contributed by atoms with Gasteiger partial charge in [-0.2, -0.15) is 0 Å². The van der Waals surface area contributed by atoms with Crippen LogP contribution in [0.15, 0.2) is 15.7 Å². The predicted molar refractivity (Wildman–Crippen MR) is 91.5 cm³/mol. The van der Waals surface area contributed by atoms with Crippen LogP contribution in [0.1, 0.15) is 55.6 Å². The van der Waals surface area contributed by atoms with Gasteiger partial charge in [0.15, 0.2) is 5.65 Å². The first-order valence-corrected chi connectivity index (χ1v) is 8.48. The Kier molecular flexibility index (Phi) is 4.26. The fraction of sp³-hybridized carbons (Fsp3) is 0.529. The van der Waals surface area contributed by atoms with Gasteiger partial charge in [0.05, 0.1) is 10.9 Å². The van der Waals surface area contributed by atoms with E-state index in [0.29, 0.717) is 36.8 Å². The van der Waals surface area contributed by atoms with Crippen molar-refractivity contribution >= 4 is 16.9 Å². The highest BCUT2D eigenvalue weighted by Crippen LogP contribution is 2.40. The first-order valence-electron chi connectivity index (χ1n) is 8.48. The van der Waals surface area contributed by atoms with Gasteiger partial charge in [-0.05, 0) is 39.7 Å². The smallest absolute Gasteiger partial charge is 0.329 e. The van der Waals surface area contributed by atoms with Crippen molar-refractivity contribution in [2.45, 2.75) is 46.1 Å². The molecule has 0 spiro atoms. The molecule has 2 aromatic rings. The minimum Gasteiger partial charge on any atom is -0.339 e. The molecule has 0 aromatic carbocycles. The molecular formula is C17H22N4O3. The van der Waals surface area contributed by atoms with E-state index < -0.39 is 11.2 Å². The number of aryl methyl sites for hydroxylation is 1. The van der Waals surface area contributed by atoms with Crippen molar-refractivity contribution in [3.05, 3.63) is 38.2 Å². The third-order valence-corrected chi connectivity index (χ3v) is 4.56. The second-order valence-electron chi connectivity index (χ2n) is 6.05. The molecule has 24 heavy (non-hydrogen) atoms. The Balaban J connectivity index is 2.36. The number of pyridine rings is 1. The Bertz CT molecular complexity index is 904. The number of nitrogens with zero attached hydrogens (tertiary/aromatic N) is 3. The average Bonchev–Trinajstić information content (AvgIpc) is 3.40. The lowest BCUT2D eigenvalue weighted by Gasteiger charge is -2.20. The van der Waals surface area contributed by atoms with Gasteiger partial charge in [0.1, 0.15) is 0 Å². The zero-order chi connectivity index (χ0) is 17.4. The van der Waals surface area contributed by atoms with Crippen LogP contribution in [-0.4, -0.2) is 38.4 Å². The summed E-state index contributed by atoms with van der Waals surface area (Å²) in [5, 5.41) is 0.206. The van der Waals surface area contributed by atoms with Crippen molar-refractivity contribution in [1.29, 1.82) is 0 Å². The summed E-state index contributed by atoms with van der Waals surface area (Å²) in [6.07, 6.45) is 2.05. The molecule has 7 nitrogen and oxygen atoms in total. The Morgan fingerprint density at radius 1 is 1.29 bits per heavy atom. The van der Waals surface area contributed by atoms with Gasteiger partial charge in [-0.1, -0.05) is 0 Å². The van der Waals surface area contributed by atoms with Crippen molar-refractivity contribution in [3.63, 3.8) is 0 Å². The second kappa shape index (κ2) is 6.22. The zero-order valence-corrected chi connectivity index (χ0v) is 14.3. The van der Waals surface area contributed by atoms with Crippen molar-refractivity contribution in [1.82, 2.24) is 19.4 Å². The molecule has 2 heterocycles. The van der Waals surface area contributed by atoms with Crippen molar-refractivity contribution in [2.24, 2.45) is 0 Å². The number of fused-ring (bicyclic) bond motifs is 1. The summed E-state index contributed by atoms with van der Waals surface area (Å²) in [5.74, 6) is 0.124. The van der Waals surface area contributed by atoms with Gasteiger partial charge in [-0.25, -0.2) is 9.78 Å². The molecule has 3 rings (SSSR count). The van der Waals surface area contributed by atoms with E-state index in [4.69, 9.17) is 0 Å². The largest absolute Gasteiger partial charge is 0.339 e. The van der Waals surface area contributed by atoms with E-state index in [1.54, 1.807) is 11.0 Å². The van der Waals surface area contributed by atoms with Crippen LogP contribution < -0.4 is 11.2 Å². The van der Waals surface area contributed by atoms with Crippen molar-refractivity contribution in [3.8, 4) is 0 Å². The molecule has 2 aromatic heterocycles. The number of aromatic nitrogens is 3. The number of carbonyl (C=O) groups excluding carboxylic acids is 1. The maximum absolute atomic E-state index is 12.9. The van der Waals surface area contributed by atoms with Crippen LogP contribution in [0.2, 0.25) is 0 Å². The average molecular weight is 330 g/mol. The van der Waals surface area contributed by atoms with Gasteiger partial charge in [-0.3, -0.25) is 19.1 Å². The van der Waals surface area contributed by atoms with Crippen LogP contribution in [0.4, 0.5) is 0 Å². The predicted octanol–water partition coefficient (Wildman–Crippen LogP) is 1.46. The topological polar surface area (TPSA) is 88.1 Å². The third-order valence-electron chi connectivity index (χ3n) is 4.56. The molecule has 7 heteroatoms. The Labute approximate surface area is 139 Å². The molecule has 1 aliphatic rings. The summed E-state index contributed by atoms with van der Waals surface area (Å²) >= 11 is 0. The SMILES string of the molecule is CCN(CC)C(=O)c1cc(C2CC2)nc2c1c(=O)[nH]c(=O)n2CC. The maximum Gasteiger partial charge on any atom is 0.329 e. The number of rotatable bonds is 5. The number of hydrogen-bond donors (Lipinski definition) is 1. The van der Waals surface area contributed by atoms with E-state index >= 15 is 0 Å². The molecule has 1 amide bonds. The maximum atomic E-state index is 12.9. The zero-order valence-electron chi connectivity index (χ0n) is 14.3. The summed E-state index contributed by atoms with van der Waals surface area (Å²) < 4.78 is 1.42. The summed E-state index contributed by atoms with van der Waals surface area (Å²) in [5.41, 5.74) is 0.409. The van der Waals surface area contributed by atoms with Gasteiger partial charge in [0.2, 0.25) is 0 Å². The monoisotopic (exact) mass is 330 g/mol. The highest BCUT2D eigenvalue weighted by atomic mass is 16.2. The third kappa shape index (κ3) is 2.64. The quantitative estimate of drug-likeness (QED) is 0.899. The molecule has 0 aliphatic heterocycles. The number of nitrogens with one attached hydrogen (secondary N) is 1. The number of H-pyrrole nitrogens is 1. The number of amides is 1. The molecular weight excluding hydrogens is 308 g/mol. The van der Waals surface area contributed by atoms with Crippen LogP contribution in [0.25, 0.3) is 11.0 Å². The normalized spacial score (nSPS) is 14.1. The van der Waals surface area contributed by atoms with Crippen LogP contribution in [-0.2, 0) is 6.54 Å². The van der Waals surface area contributed by atoms with Crippen LogP contribution in [0.3, 0.4) is 0 Å². The molecule has 0 unspecified atom stereocenters. The van der Waals surface area contributed by atoms with Crippen LogP contribution >= 0.6 is 0 Å². The van der Waals surface area contributed by atoms with E-state index in [0.717, 1.165) is 18.5 Å². The molecule has 0 atom stereocenters. The first kappa shape index (κ1) is 16.4. The van der Waals surface area contributed by atoms with Crippen LogP contribution in [0, 0.1) is 0 Å². The summed E-state index contributed by atoms with van der Waals surface area (Å²) in [7, 11) is 0. The van der Waals surface area contributed by atoms with E-state index in [1.165, 1.54) is 4.57 Å². The van der Waals surface area contributed by atoms with Gasteiger partial charge < -0.3 is 4.90 Å². The molecule has 0 radical (unpaired) electrons.